The topological polar surface area (TPSA) is 68.0 Å². The van der Waals surface area contributed by atoms with Gasteiger partial charge in [0.1, 0.15) is 0 Å². The molecule has 0 aliphatic carbocycles. The minimum absolute atomic E-state index is 0.0177. The average molecular weight is 303 g/mol. The van der Waals surface area contributed by atoms with E-state index in [9.17, 15) is 4.79 Å². The van der Waals surface area contributed by atoms with E-state index in [2.05, 4.69) is 31.1 Å². The molecule has 0 unspecified atom stereocenters. The number of aryl methyl sites for hydroxylation is 1. The van der Waals surface area contributed by atoms with Gasteiger partial charge in [0.15, 0.2) is 0 Å². The molecule has 4 nitrogen and oxygen atoms in total. The van der Waals surface area contributed by atoms with Gasteiger partial charge in [-0.15, -0.1) is 11.3 Å². The highest BCUT2D eigenvalue weighted by Gasteiger charge is 2.18. The first kappa shape index (κ1) is 15.5. The maximum absolute atomic E-state index is 12.1. The Morgan fingerprint density at radius 2 is 2.10 bits per heavy atom. The van der Waals surface area contributed by atoms with Crippen LogP contribution in [-0.2, 0) is 16.6 Å². The second kappa shape index (κ2) is 5.85. The van der Waals surface area contributed by atoms with Crippen LogP contribution in [0.25, 0.3) is 0 Å². The average Bonchev–Trinajstić information content (AvgIpc) is 2.82. The Hall–Kier alpha value is -1.88. The maximum atomic E-state index is 12.1. The molecule has 2 aromatic rings. The lowest BCUT2D eigenvalue weighted by Gasteiger charge is -2.13. The number of aromatic nitrogens is 1. The Balaban J connectivity index is 2.05. The summed E-state index contributed by atoms with van der Waals surface area (Å²) < 4.78 is 0. The number of nitrogens with one attached hydrogen (secondary N) is 1. The predicted octanol–water partition coefficient (Wildman–Crippen LogP) is 3.51. The van der Waals surface area contributed by atoms with Gasteiger partial charge < -0.3 is 11.1 Å². The molecule has 0 aliphatic heterocycles. The molecule has 0 atom stereocenters. The zero-order valence-electron chi connectivity index (χ0n) is 12.9. The first-order valence-electron chi connectivity index (χ1n) is 6.86. The maximum Gasteiger partial charge on any atom is 0.230 e. The van der Waals surface area contributed by atoms with Crippen molar-refractivity contribution in [3.8, 4) is 0 Å². The highest BCUT2D eigenvalue weighted by atomic mass is 32.1. The fraction of sp³-hybridized carbons (Fsp3) is 0.375. The Morgan fingerprint density at radius 1 is 1.38 bits per heavy atom. The van der Waals surface area contributed by atoms with E-state index < -0.39 is 0 Å². The molecular weight excluding hydrogens is 282 g/mol. The summed E-state index contributed by atoms with van der Waals surface area (Å²) in [6.07, 6.45) is 0.279. The van der Waals surface area contributed by atoms with Crippen molar-refractivity contribution < 1.29 is 4.79 Å². The van der Waals surface area contributed by atoms with Crippen molar-refractivity contribution in [3.63, 3.8) is 0 Å². The number of thiazole rings is 1. The van der Waals surface area contributed by atoms with Gasteiger partial charge in [-0.1, -0.05) is 26.8 Å². The van der Waals surface area contributed by atoms with Gasteiger partial charge in [0.2, 0.25) is 5.91 Å². The van der Waals surface area contributed by atoms with Crippen molar-refractivity contribution in [3.05, 3.63) is 39.8 Å². The molecule has 3 N–H and O–H groups in total. The molecular formula is C16H21N3OS. The Labute approximate surface area is 129 Å². The number of hydrogen-bond acceptors (Lipinski definition) is 4. The first-order valence-corrected chi connectivity index (χ1v) is 7.74. The van der Waals surface area contributed by atoms with Crippen LogP contribution < -0.4 is 11.1 Å². The lowest BCUT2D eigenvalue weighted by Crippen LogP contribution is -2.16. The Bertz CT molecular complexity index is 656. The number of hydrogen-bond donors (Lipinski definition) is 2. The molecule has 0 radical (unpaired) electrons. The van der Waals surface area contributed by atoms with Gasteiger partial charge in [0.05, 0.1) is 17.1 Å². The van der Waals surface area contributed by atoms with Crippen LogP contribution in [0.2, 0.25) is 0 Å². The zero-order valence-corrected chi connectivity index (χ0v) is 13.7. The molecule has 21 heavy (non-hydrogen) atoms. The summed E-state index contributed by atoms with van der Waals surface area (Å²) in [5.41, 5.74) is 8.96. The van der Waals surface area contributed by atoms with Crippen LogP contribution in [0.15, 0.2) is 23.6 Å². The van der Waals surface area contributed by atoms with E-state index in [1.54, 1.807) is 17.4 Å². The molecule has 1 heterocycles. The van der Waals surface area contributed by atoms with E-state index in [0.717, 1.165) is 22.0 Å². The Morgan fingerprint density at radius 3 is 2.71 bits per heavy atom. The number of nitrogens with two attached hydrogens (primary N) is 1. The second-order valence-corrected chi connectivity index (χ2v) is 7.05. The summed E-state index contributed by atoms with van der Waals surface area (Å²) in [5.74, 6) is -0.0746. The largest absolute Gasteiger partial charge is 0.399 e. The minimum atomic E-state index is -0.0746. The normalized spacial score (nSPS) is 11.4. The quantitative estimate of drug-likeness (QED) is 0.853. The third-order valence-electron chi connectivity index (χ3n) is 3.07. The van der Waals surface area contributed by atoms with Crippen LogP contribution in [0.5, 0.6) is 0 Å². The summed E-state index contributed by atoms with van der Waals surface area (Å²) >= 11 is 1.60. The smallest absolute Gasteiger partial charge is 0.230 e. The lowest BCUT2D eigenvalue weighted by atomic mass is 9.98. The van der Waals surface area contributed by atoms with Crippen molar-refractivity contribution in [2.75, 3.05) is 11.1 Å². The molecule has 0 spiro atoms. The van der Waals surface area contributed by atoms with Crippen LogP contribution in [0.1, 0.15) is 37.0 Å². The third-order valence-corrected chi connectivity index (χ3v) is 4.39. The van der Waals surface area contributed by atoms with Crippen LogP contribution in [-0.4, -0.2) is 10.9 Å². The zero-order chi connectivity index (χ0) is 15.6. The van der Waals surface area contributed by atoms with E-state index >= 15 is 0 Å². The molecule has 112 valence electrons. The molecule has 0 bridgehead atoms. The molecule has 5 heteroatoms. The van der Waals surface area contributed by atoms with Crippen LogP contribution in [0, 0.1) is 6.92 Å². The molecule has 0 saturated carbocycles. The van der Waals surface area contributed by atoms with Gasteiger partial charge in [0, 0.05) is 22.2 Å². The number of anilines is 2. The second-order valence-electron chi connectivity index (χ2n) is 6.19. The Kier molecular flexibility index (Phi) is 4.32. The van der Waals surface area contributed by atoms with Gasteiger partial charge in [0.25, 0.3) is 0 Å². The van der Waals surface area contributed by atoms with Crippen molar-refractivity contribution in [2.45, 2.75) is 39.5 Å². The summed E-state index contributed by atoms with van der Waals surface area (Å²) in [6.45, 7) is 8.29. The number of carbonyl (C=O) groups is 1. The number of rotatable bonds is 3. The van der Waals surface area contributed by atoms with Crippen molar-refractivity contribution in [1.82, 2.24) is 4.98 Å². The first-order chi connectivity index (χ1) is 9.75. The van der Waals surface area contributed by atoms with Gasteiger partial charge in [-0.2, -0.15) is 0 Å². The fourth-order valence-corrected chi connectivity index (χ4v) is 2.77. The number of nitrogen functional groups attached to an aromatic ring is 1. The van der Waals surface area contributed by atoms with E-state index in [0.29, 0.717) is 5.69 Å². The number of carbonyl (C=O) groups excluding carboxylic acids is 1. The molecule has 0 aliphatic rings. The SMILES string of the molecule is Cc1ccc(N)cc1NC(=O)Cc1csc(C(C)(C)C)n1. The van der Waals surface area contributed by atoms with Crippen molar-refractivity contribution in [1.29, 1.82) is 0 Å². The molecule has 1 amide bonds. The van der Waals surface area contributed by atoms with E-state index in [4.69, 9.17) is 5.73 Å². The van der Waals surface area contributed by atoms with E-state index in [-0.39, 0.29) is 17.7 Å². The van der Waals surface area contributed by atoms with Crippen LogP contribution in [0.3, 0.4) is 0 Å². The molecule has 0 saturated heterocycles. The predicted molar refractivity (Wildman–Crippen MR) is 88.7 cm³/mol. The lowest BCUT2D eigenvalue weighted by molar-refractivity contribution is -0.115. The minimum Gasteiger partial charge on any atom is -0.399 e. The van der Waals surface area contributed by atoms with E-state index in [1.165, 1.54) is 0 Å². The molecule has 2 rings (SSSR count). The van der Waals surface area contributed by atoms with Gasteiger partial charge >= 0.3 is 0 Å². The monoisotopic (exact) mass is 303 g/mol. The van der Waals surface area contributed by atoms with Crippen molar-refractivity contribution >= 4 is 28.6 Å². The summed E-state index contributed by atoms with van der Waals surface area (Å²) in [5, 5.41) is 5.89. The van der Waals surface area contributed by atoms with Gasteiger partial charge in [-0.05, 0) is 24.6 Å². The molecule has 1 aromatic heterocycles. The van der Waals surface area contributed by atoms with Crippen molar-refractivity contribution in [2.24, 2.45) is 0 Å². The summed E-state index contributed by atoms with van der Waals surface area (Å²) in [4.78, 5) is 16.7. The fourth-order valence-electron chi connectivity index (χ4n) is 1.87. The molecule has 1 aromatic carbocycles. The number of nitrogens with zero attached hydrogens (tertiary/aromatic N) is 1. The number of amides is 1. The van der Waals surface area contributed by atoms with Gasteiger partial charge in [-0.3, -0.25) is 4.79 Å². The highest BCUT2D eigenvalue weighted by Crippen LogP contribution is 2.26. The van der Waals surface area contributed by atoms with E-state index in [1.807, 2.05) is 24.4 Å². The third kappa shape index (κ3) is 4.04. The number of benzene rings is 1. The van der Waals surface area contributed by atoms with Gasteiger partial charge in [-0.25, -0.2) is 4.98 Å². The van der Waals surface area contributed by atoms with Crippen LogP contribution >= 0.6 is 11.3 Å². The molecule has 0 fully saturated rings. The standard InChI is InChI=1S/C16H21N3OS/c1-10-5-6-11(17)7-13(10)19-14(20)8-12-9-21-15(18-12)16(2,3)4/h5-7,9H,8,17H2,1-4H3,(H,19,20). The van der Waals surface area contributed by atoms with Crippen LogP contribution in [0.4, 0.5) is 11.4 Å². The summed E-state index contributed by atoms with van der Waals surface area (Å²) in [7, 11) is 0. The summed E-state index contributed by atoms with van der Waals surface area (Å²) in [6, 6.07) is 5.49. The highest BCUT2D eigenvalue weighted by molar-refractivity contribution is 7.09.